The Balaban J connectivity index is 0.966. The Bertz CT molecular complexity index is 2540. The van der Waals surface area contributed by atoms with Gasteiger partial charge in [0.1, 0.15) is 0 Å². The van der Waals surface area contributed by atoms with E-state index >= 15 is 0 Å². The molecule has 4 saturated carbocycles. The van der Waals surface area contributed by atoms with Gasteiger partial charge in [-0.2, -0.15) is 5.10 Å². The van der Waals surface area contributed by atoms with Gasteiger partial charge in [0.05, 0.1) is 11.4 Å². The van der Waals surface area contributed by atoms with Crippen LogP contribution in [0.1, 0.15) is 69.4 Å². The average molecular weight is 827 g/mol. The van der Waals surface area contributed by atoms with E-state index in [1.165, 1.54) is 30.4 Å². The predicted molar refractivity (Wildman–Crippen MR) is 261 cm³/mol. The smallest absolute Gasteiger partial charge is 0.0908 e. The molecule has 7 aliphatic rings. The van der Waals surface area contributed by atoms with Crippen LogP contribution in [0.25, 0.3) is 0 Å². The Morgan fingerprint density at radius 1 is 0.587 bits per heavy atom. The minimum absolute atomic E-state index is 0.0365. The van der Waals surface area contributed by atoms with Crippen LogP contribution in [-0.4, -0.2) is 41.5 Å². The molecule has 1 saturated heterocycles. The molecule has 13 rings (SSSR count). The number of hydrogen-bond acceptors (Lipinski definition) is 6. The number of benzene rings is 6. The number of hydrazone groups is 1. The number of anilines is 6. The largest absolute Gasteiger partial charge is 0.311 e. The normalized spacial score (nSPS) is 27.2. The number of allylic oxidation sites excluding steroid dienone is 2. The number of likely N-dealkylation sites (tertiary alicyclic amines) is 1. The van der Waals surface area contributed by atoms with Crippen LogP contribution in [-0.2, 0) is 0 Å². The monoisotopic (exact) mass is 826 g/mol. The first-order chi connectivity index (χ1) is 30.7. The quantitative estimate of drug-likeness (QED) is 0.0733. The van der Waals surface area contributed by atoms with Crippen LogP contribution in [0.3, 0.4) is 0 Å². The van der Waals surface area contributed by atoms with E-state index < -0.39 is 0 Å². The number of para-hydroxylation sites is 4. The Kier molecular flexibility index (Phi) is 9.95. The molecule has 4 bridgehead atoms. The van der Waals surface area contributed by atoms with Crippen LogP contribution in [0.5, 0.6) is 0 Å². The summed E-state index contributed by atoms with van der Waals surface area (Å²) in [5.41, 5.74) is 16.4. The lowest BCUT2D eigenvalue weighted by Gasteiger charge is -2.58. The van der Waals surface area contributed by atoms with Crippen molar-refractivity contribution in [1.29, 1.82) is 5.41 Å². The fourth-order valence-corrected chi connectivity index (χ4v) is 11.9. The van der Waals surface area contributed by atoms with E-state index in [2.05, 4.69) is 217 Å². The van der Waals surface area contributed by atoms with Gasteiger partial charge >= 0.3 is 0 Å². The summed E-state index contributed by atoms with van der Waals surface area (Å²) in [4.78, 5) is 7.33. The first kappa shape index (κ1) is 39.6. The third-order valence-electron chi connectivity index (χ3n) is 14.6. The molecule has 6 aromatic carbocycles. The Morgan fingerprint density at radius 3 is 1.43 bits per heavy atom. The summed E-state index contributed by atoms with van der Waals surface area (Å²) in [5, 5.41) is 15.7. The highest BCUT2D eigenvalue weighted by Gasteiger charge is 2.63. The highest BCUT2D eigenvalue weighted by atomic mass is 15.4. The molecule has 5 fully saturated rings. The topological polar surface area (TPSA) is 57.7 Å². The molecule has 1 heterocycles. The summed E-state index contributed by atoms with van der Waals surface area (Å²) in [6.07, 6.45) is 7.63. The zero-order valence-corrected chi connectivity index (χ0v) is 36.7. The third-order valence-corrected chi connectivity index (χ3v) is 14.6. The second-order valence-electron chi connectivity index (χ2n) is 20.1. The van der Waals surface area contributed by atoms with Crippen molar-refractivity contribution >= 4 is 45.5 Å². The number of nitrogens with one attached hydrogen (secondary N) is 2. The Labute approximate surface area is 373 Å². The molecule has 316 valence electrons. The first-order valence-corrected chi connectivity index (χ1v) is 23.1. The van der Waals surface area contributed by atoms with Crippen LogP contribution in [0.2, 0.25) is 0 Å². The SMILES string of the molecule is CC(C)(C)CN1C2C(c3ccc(N(c4ccccc4)c4ccccc4)cc3)C(=N)/C(=N\NCC34CC=C5C(CC5C3)C4)C(c3ccc(N(c4ccccc4)c4ccccc4)cc3)C21. The van der Waals surface area contributed by atoms with Crippen LogP contribution >= 0.6 is 0 Å². The van der Waals surface area contributed by atoms with Gasteiger partial charge in [-0.05, 0) is 132 Å². The lowest BCUT2D eigenvalue weighted by molar-refractivity contribution is 0.0385. The van der Waals surface area contributed by atoms with Crippen molar-refractivity contribution in [3.05, 3.63) is 193 Å². The highest BCUT2D eigenvalue weighted by molar-refractivity contribution is 6.46. The molecule has 7 unspecified atom stereocenters. The van der Waals surface area contributed by atoms with Gasteiger partial charge in [0.25, 0.3) is 0 Å². The first-order valence-electron chi connectivity index (χ1n) is 23.1. The van der Waals surface area contributed by atoms with Gasteiger partial charge in [0.2, 0.25) is 0 Å². The van der Waals surface area contributed by atoms with Crippen molar-refractivity contribution in [2.24, 2.45) is 27.8 Å². The van der Waals surface area contributed by atoms with E-state index in [1.807, 2.05) is 0 Å². The third kappa shape index (κ3) is 7.38. The van der Waals surface area contributed by atoms with Crippen molar-refractivity contribution < 1.29 is 0 Å². The maximum atomic E-state index is 10.3. The van der Waals surface area contributed by atoms with E-state index in [9.17, 15) is 5.41 Å². The molecular formula is C57H58N6. The average Bonchev–Trinajstić information content (AvgIpc) is 3.99. The standard InChI is InChI=1S/C57H58N6/c1-56(2,3)38-61-54-50(39-24-28-47(29-25-39)62(43-16-8-4-9-17-43)44-18-10-5-11-19-44)52(58)53(60-59-37-57-33-32-49-41(35-57)34-42(49)36-57)51(55(54)61)40-26-30-48(31-27-40)63(45-20-12-6-13-21-45)46-22-14-7-15-23-46/h4-32,41-42,50-51,54-55,58-59H,33-38H2,1-3H3/b58-52?,60-53-. The van der Waals surface area contributed by atoms with Crippen molar-refractivity contribution in [3.8, 4) is 0 Å². The number of rotatable bonds is 12. The van der Waals surface area contributed by atoms with E-state index in [1.54, 1.807) is 5.57 Å². The number of hydrogen-bond donors (Lipinski definition) is 2. The summed E-state index contributed by atoms with van der Waals surface area (Å²) in [6, 6.07) is 61.0. The molecule has 6 aromatic rings. The van der Waals surface area contributed by atoms with Crippen LogP contribution in [0.4, 0.5) is 34.1 Å². The van der Waals surface area contributed by atoms with Crippen molar-refractivity contribution in [3.63, 3.8) is 0 Å². The van der Waals surface area contributed by atoms with Gasteiger partial charge in [0.15, 0.2) is 0 Å². The molecule has 2 N–H and O–H groups in total. The van der Waals surface area contributed by atoms with E-state index in [0.717, 1.165) is 71.2 Å². The molecule has 0 spiro atoms. The maximum absolute atomic E-state index is 10.3. The summed E-state index contributed by atoms with van der Waals surface area (Å²) in [7, 11) is 0. The van der Waals surface area contributed by atoms with E-state index in [0.29, 0.717) is 5.71 Å². The molecule has 6 heteroatoms. The molecule has 63 heavy (non-hydrogen) atoms. The number of nitrogens with zero attached hydrogens (tertiary/aromatic N) is 4. The van der Waals surface area contributed by atoms with E-state index in [4.69, 9.17) is 5.10 Å². The van der Waals surface area contributed by atoms with Gasteiger partial charge in [-0.1, -0.05) is 129 Å². The lowest BCUT2D eigenvalue weighted by Crippen LogP contribution is -2.50. The van der Waals surface area contributed by atoms with Crippen molar-refractivity contribution in [2.45, 2.75) is 70.4 Å². The molecule has 0 radical (unpaired) electrons. The molecule has 0 aromatic heterocycles. The summed E-state index contributed by atoms with van der Waals surface area (Å²) >= 11 is 0. The van der Waals surface area contributed by atoms with Gasteiger partial charge in [-0.15, -0.1) is 0 Å². The Hall–Kier alpha value is -6.24. The summed E-state index contributed by atoms with van der Waals surface area (Å²) in [6.45, 7) is 8.84. The van der Waals surface area contributed by atoms with Gasteiger partial charge in [0, 0.05) is 71.1 Å². The molecule has 6 nitrogen and oxygen atoms in total. The van der Waals surface area contributed by atoms with Crippen LogP contribution in [0.15, 0.2) is 187 Å². The highest BCUT2D eigenvalue weighted by Crippen LogP contribution is 2.62. The van der Waals surface area contributed by atoms with Crippen molar-refractivity contribution in [2.75, 3.05) is 22.9 Å². The zero-order chi connectivity index (χ0) is 42.7. The molecule has 6 aliphatic carbocycles. The van der Waals surface area contributed by atoms with Crippen LogP contribution in [0, 0.1) is 28.1 Å². The van der Waals surface area contributed by atoms with Crippen molar-refractivity contribution in [1.82, 2.24) is 10.3 Å². The van der Waals surface area contributed by atoms with Gasteiger partial charge in [-0.25, -0.2) is 0 Å². The second kappa shape index (κ2) is 15.8. The maximum Gasteiger partial charge on any atom is 0.0908 e. The summed E-state index contributed by atoms with van der Waals surface area (Å²) < 4.78 is 0. The molecular weight excluding hydrogens is 769 g/mol. The zero-order valence-electron chi connectivity index (χ0n) is 36.7. The molecule has 0 amide bonds. The van der Waals surface area contributed by atoms with Crippen LogP contribution < -0.4 is 15.2 Å². The minimum atomic E-state index is -0.100. The second-order valence-corrected chi connectivity index (χ2v) is 20.1. The summed E-state index contributed by atoms with van der Waals surface area (Å²) in [5.74, 6) is 1.42. The fourth-order valence-electron chi connectivity index (χ4n) is 11.9. The van der Waals surface area contributed by atoms with E-state index in [-0.39, 0.29) is 34.7 Å². The van der Waals surface area contributed by atoms with Gasteiger partial charge in [-0.3, -0.25) is 4.90 Å². The fraction of sp³-hybridized carbons (Fsp3) is 0.298. The predicted octanol–water partition coefficient (Wildman–Crippen LogP) is 13.3. The minimum Gasteiger partial charge on any atom is -0.311 e. The molecule has 7 atom stereocenters. The Morgan fingerprint density at radius 2 is 1.00 bits per heavy atom. The molecule has 1 aliphatic heterocycles. The van der Waals surface area contributed by atoms with Gasteiger partial charge < -0.3 is 20.6 Å². The number of fused-ring (bicyclic) bond motifs is 2. The lowest BCUT2D eigenvalue weighted by atomic mass is 9.48.